The summed E-state index contributed by atoms with van der Waals surface area (Å²) < 4.78 is 4.79. The molecule has 0 spiro atoms. The van der Waals surface area contributed by atoms with E-state index in [-0.39, 0.29) is 6.61 Å². The summed E-state index contributed by atoms with van der Waals surface area (Å²) in [6.07, 6.45) is 1.79. The maximum Gasteiger partial charge on any atom is 0.335 e. The van der Waals surface area contributed by atoms with Crippen molar-refractivity contribution in [2.45, 2.75) is 25.8 Å². The molecule has 0 aromatic carbocycles. The van der Waals surface area contributed by atoms with Crippen LogP contribution in [0.15, 0.2) is 0 Å². The van der Waals surface area contributed by atoms with Crippen LogP contribution in [0.3, 0.4) is 0 Å². The fourth-order valence-corrected chi connectivity index (χ4v) is 0.621. The number of rotatable bonds is 4. The number of unbranched alkanes of at least 4 members (excludes halogenated alkanes) is 1. The van der Waals surface area contributed by atoms with Gasteiger partial charge in [-0.3, -0.25) is 0 Å². The lowest BCUT2D eigenvalue weighted by molar-refractivity contribution is -0.143. The fraction of sp³-hybridized carbons (Fsp3) is 0.667. The number of ether oxygens (including phenoxy) is 1. The van der Waals surface area contributed by atoms with Gasteiger partial charge in [0.05, 0.1) is 6.61 Å². The average Bonchev–Trinajstić information content (AvgIpc) is 2.14. The van der Waals surface area contributed by atoms with Crippen LogP contribution in [0.5, 0.6) is 0 Å². The smallest absolute Gasteiger partial charge is 0.335 e. The maximum atomic E-state index is 11.0. The van der Waals surface area contributed by atoms with E-state index >= 15 is 0 Å². The highest BCUT2D eigenvalue weighted by molar-refractivity contribution is 5.79. The van der Waals surface area contributed by atoms with Crippen LogP contribution in [0.25, 0.3) is 0 Å². The van der Waals surface area contributed by atoms with E-state index in [1.165, 1.54) is 0 Å². The summed E-state index contributed by atoms with van der Waals surface area (Å²) in [6, 6.07) is -0.941. The molecule has 74 valence electrons. The first-order chi connectivity index (χ1) is 6.22. The number of hydrogen-bond donors (Lipinski definition) is 2. The molecule has 4 nitrogen and oxygen atoms in total. The molecule has 4 heteroatoms. The number of carbonyl (C=O) groups excluding carboxylic acids is 1. The highest BCUT2D eigenvalue weighted by atomic mass is 16.5. The van der Waals surface area contributed by atoms with Crippen LogP contribution in [0, 0.1) is 11.8 Å². The van der Waals surface area contributed by atoms with Crippen molar-refractivity contribution >= 4 is 5.97 Å². The SMILES string of the molecule is CCCCOC(=O)C(N)C#CCO. The van der Waals surface area contributed by atoms with Crippen molar-refractivity contribution in [2.75, 3.05) is 13.2 Å². The van der Waals surface area contributed by atoms with Crippen LogP contribution in [-0.2, 0) is 9.53 Å². The quantitative estimate of drug-likeness (QED) is 0.357. The Balaban J connectivity index is 3.69. The van der Waals surface area contributed by atoms with Crippen molar-refractivity contribution in [3.63, 3.8) is 0 Å². The van der Waals surface area contributed by atoms with E-state index in [9.17, 15) is 4.79 Å². The predicted molar refractivity (Wildman–Crippen MR) is 48.7 cm³/mol. The third-order valence-electron chi connectivity index (χ3n) is 1.33. The first kappa shape index (κ1) is 11.9. The second-order valence-electron chi connectivity index (χ2n) is 2.48. The molecule has 1 atom stereocenters. The minimum atomic E-state index is -0.941. The van der Waals surface area contributed by atoms with E-state index in [0.29, 0.717) is 6.61 Å². The van der Waals surface area contributed by atoms with Gasteiger partial charge in [0.25, 0.3) is 0 Å². The molecular formula is C9H15NO3. The molecule has 0 radical (unpaired) electrons. The molecule has 0 saturated heterocycles. The average molecular weight is 185 g/mol. The van der Waals surface area contributed by atoms with Crippen LogP contribution in [0.4, 0.5) is 0 Å². The number of aliphatic hydroxyl groups is 1. The molecular weight excluding hydrogens is 170 g/mol. The maximum absolute atomic E-state index is 11.0. The predicted octanol–water partition coefficient (Wildman–Crippen LogP) is -0.347. The lowest BCUT2D eigenvalue weighted by Gasteiger charge is -2.04. The lowest BCUT2D eigenvalue weighted by Crippen LogP contribution is -2.31. The Morgan fingerprint density at radius 3 is 2.92 bits per heavy atom. The van der Waals surface area contributed by atoms with Crippen molar-refractivity contribution in [1.82, 2.24) is 0 Å². The summed E-state index contributed by atoms with van der Waals surface area (Å²) in [6.45, 7) is 2.08. The van der Waals surface area contributed by atoms with Crippen molar-refractivity contribution in [2.24, 2.45) is 5.73 Å². The molecule has 0 aromatic heterocycles. The second-order valence-corrected chi connectivity index (χ2v) is 2.48. The molecule has 3 N–H and O–H groups in total. The standard InChI is InChI=1S/C9H15NO3/c1-2-3-7-13-9(12)8(10)5-4-6-11/h8,11H,2-3,6-7,10H2,1H3. The number of esters is 1. The summed E-state index contributed by atoms with van der Waals surface area (Å²) >= 11 is 0. The van der Waals surface area contributed by atoms with Gasteiger partial charge in [0.1, 0.15) is 6.61 Å². The van der Waals surface area contributed by atoms with E-state index in [1.54, 1.807) is 0 Å². The zero-order valence-corrected chi connectivity index (χ0v) is 7.75. The van der Waals surface area contributed by atoms with Crippen LogP contribution < -0.4 is 5.73 Å². The summed E-state index contributed by atoms with van der Waals surface area (Å²) in [4.78, 5) is 11.0. The molecule has 0 aliphatic rings. The highest BCUT2D eigenvalue weighted by Crippen LogP contribution is 1.90. The van der Waals surface area contributed by atoms with Gasteiger partial charge in [0.2, 0.25) is 0 Å². The van der Waals surface area contributed by atoms with Crippen LogP contribution in [-0.4, -0.2) is 30.3 Å². The van der Waals surface area contributed by atoms with E-state index in [4.69, 9.17) is 15.6 Å². The Bertz CT molecular complexity index is 205. The van der Waals surface area contributed by atoms with E-state index < -0.39 is 12.0 Å². The third kappa shape index (κ3) is 6.14. The molecule has 0 rings (SSSR count). The van der Waals surface area contributed by atoms with Gasteiger partial charge in [-0.1, -0.05) is 25.2 Å². The number of nitrogens with two attached hydrogens (primary N) is 1. The van der Waals surface area contributed by atoms with Gasteiger partial charge in [-0.15, -0.1) is 0 Å². The van der Waals surface area contributed by atoms with Gasteiger partial charge in [-0.2, -0.15) is 0 Å². The van der Waals surface area contributed by atoms with Gasteiger partial charge >= 0.3 is 5.97 Å². The van der Waals surface area contributed by atoms with Crippen molar-refractivity contribution in [3.8, 4) is 11.8 Å². The van der Waals surface area contributed by atoms with Crippen molar-refractivity contribution < 1.29 is 14.6 Å². The Kier molecular flexibility index (Phi) is 6.98. The normalized spacial score (nSPS) is 11.3. The Labute approximate surface area is 78.1 Å². The summed E-state index contributed by atoms with van der Waals surface area (Å²) in [5.41, 5.74) is 5.33. The summed E-state index contributed by atoms with van der Waals surface area (Å²) in [5, 5.41) is 8.33. The van der Waals surface area contributed by atoms with E-state index in [1.807, 2.05) is 6.92 Å². The van der Waals surface area contributed by atoms with Gasteiger partial charge in [-0.25, -0.2) is 4.79 Å². The van der Waals surface area contributed by atoms with Gasteiger partial charge in [0.15, 0.2) is 6.04 Å². The molecule has 0 saturated carbocycles. The van der Waals surface area contributed by atoms with Crippen LogP contribution in [0.1, 0.15) is 19.8 Å². The molecule has 13 heavy (non-hydrogen) atoms. The van der Waals surface area contributed by atoms with Gasteiger partial charge < -0.3 is 15.6 Å². The molecule has 0 aromatic rings. The minimum absolute atomic E-state index is 0.296. The largest absolute Gasteiger partial charge is 0.464 e. The highest BCUT2D eigenvalue weighted by Gasteiger charge is 2.10. The zero-order chi connectivity index (χ0) is 10.1. The number of hydrogen-bond acceptors (Lipinski definition) is 4. The lowest BCUT2D eigenvalue weighted by atomic mass is 10.3. The summed E-state index contributed by atoms with van der Waals surface area (Å²) in [7, 11) is 0. The van der Waals surface area contributed by atoms with Gasteiger partial charge in [0, 0.05) is 0 Å². The summed E-state index contributed by atoms with van der Waals surface area (Å²) in [5.74, 6) is 4.13. The first-order valence-corrected chi connectivity index (χ1v) is 4.23. The molecule has 0 heterocycles. The first-order valence-electron chi connectivity index (χ1n) is 4.23. The number of aliphatic hydroxyl groups excluding tert-OH is 1. The minimum Gasteiger partial charge on any atom is -0.464 e. The molecule has 1 unspecified atom stereocenters. The monoisotopic (exact) mass is 185 g/mol. The zero-order valence-electron chi connectivity index (χ0n) is 7.75. The molecule has 0 aliphatic carbocycles. The van der Waals surface area contributed by atoms with Gasteiger partial charge in [-0.05, 0) is 6.42 Å². The number of carbonyl (C=O) groups is 1. The molecule has 0 amide bonds. The topological polar surface area (TPSA) is 72.5 Å². The van der Waals surface area contributed by atoms with E-state index in [0.717, 1.165) is 12.8 Å². The molecule has 0 aliphatic heterocycles. The Morgan fingerprint density at radius 1 is 1.69 bits per heavy atom. The van der Waals surface area contributed by atoms with Crippen LogP contribution in [0.2, 0.25) is 0 Å². The Hall–Kier alpha value is -1.05. The fourth-order valence-electron chi connectivity index (χ4n) is 0.621. The second kappa shape index (κ2) is 7.59. The molecule has 0 fully saturated rings. The third-order valence-corrected chi connectivity index (χ3v) is 1.33. The molecule has 0 bridgehead atoms. The van der Waals surface area contributed by atoms with E-state index in [2.05, 4.69) is 11.8 Å². The van der Waals surface area contributed by atoms with Crippen molar-refractivity contribution in [3.05, 3.63) is 0 Å². The van der Waals surface area contributed by atoms with Crippen molar-refractivity contribution in [1.29, 1.82) is 0 Å². The van der Waals surface area contributed by atoms with Crippen LogP contribution >= 0.6 is 0 Å². The Morgan fingerprint density at radius 2 is 2.38 bits per heavy atom.